The zero-order chi connectivity index (χ0) is 10.8. The summed E-state index contributed by atoms with van der Waals surface area (Å²) in [6.45, 7) is 9.16. The maximum atomic E-state index is 10.9. The molecule has 1 aliphatic heterocycles. The van der Waals surface area contributed by atoms with E-state index in [-0.39, 0.29) is 0 Å². The molecule has 14 heavy (non-hydrogen) atoms. The number of carboxylic acids is 1. The highest BCUT2D eigenvalue weighted by Crippen LogP contribution is 2.17. The van der Waals surface area contributed by atoms with E-state index in [0.29, 0.717) is 12.6 Å². The highest BCUT2D eigenvalue weighted by atomic mass is 16.4. The molecule has 4 heteroatoms. The molecule has 1 saturated heterocycles. The summed E-state index contributed by atoms with van der Waals surface area (Å²) in [7, 11) is 0. The second-order valence-corrected chi connectivity index (χ2v) is 4.78. The zero-order valence-electron chi connectivity index (χ0n) is 9.21. The van der Waals surface area contributed by atoms with Crippen LogP contribution >= 0.6 is 0 Å². The molecule has 0 spiro atoms. The zero-order valence-corrected chi connectivity index (χ0v) is 9.21. The Hall–Kier alpha value is -0.610. The molecular weight excluding hydrogens is 180 g/mol. The van der Waals surface area contributed by atoms with Crippen LogP contribution in [0.15, 0.2) is 0 Å². The monoisotopic (exact) mass is 200 g/mol. The van der Waals surface area contributed by atoms with Crippen molar-refractivity contribution in [2.75, 3.05) is 26.2 Å². The topological polar surface area (TPSA) is 52.6 Å². The van der Waals surface area contributed by atoms with Crippen molar-refractivity contribution in [2.24, 2.45) is 5.41 Å². The van der Waals surface area contributed by atoms with Crippen LogP contribution in [0.1, 0.15) is 20.8 Å². The van der Waals surface area contributed by atoms with Crippen molar-refractivity contribution in [3.05, 3.63) is 0 Å². The van der Waals surface area contributed by atoms with Crippen molar-refractivity contribution in [3.8, 4) is 0 Å². The fourth-order valence-corrected chi connectivity index (χ4v) is 1.78. The van der Waals surface area contributed by atoms with Crippen LogP contribution in [0.3, 0.4) is 0 Å². The summed E-state index contributed by atoms with van der Waals surface area (Å²) in [5.74, 6) is -0.719. The van der Waals surface area contributed by atoms with Crippen LogP contribution in [0.25, 0.3) is 0 Å². The van der Waals surface area contributed by atoms with Gasteiger partial charge in [-0.2, -0.15) is 0 Å². The van der Waals surface area contributed by atoms with E-state index in [1.54, 1.807) is 13.8 Å². The summed E-state index contributed by atoms with van der Waals surface area (Å²) in [5, 5.41) is 12.3. The molecule has 0 saturated carbocycles. The van der Waals surface area contributed by atoms with E-state index in [1.807, 2.05) is 0 Å². The van der Waals surface area contributed by atoms with Crippen molar-refractivity contribution < 1.29 is 9.90 Å². The van der Waals surface area contributed by atoms with E-state index >= 15 is 0 Å². The third-order valence-electron chi connectivity index (χ3n) is 2.65. The molecule has 1 rings (SSSR count). The van der Waals surface area contributed by atoms with E-state index in [4.69, 9.17) is 5.11 Å². The van der Waals surface area contributed by atoms with Crippen molar-refractivity contribution >= 4 is 5.97 Å². The fraction of sp³-hybridized carbons (Fsp3) is 0.900. The minimum Gasteiger partial charge on any atom is -0.481 e. The van der Waals surface area contributed by atoms with Crippen LogP contribution in [0.2, 0.25) is 0 Å². The fourth-order valence-electron chi connectivity index (χ4n) is 1.78. The molecule has 82 valence electrons. The highest BCUT2D eigenvalue weighted by Gasteiger charge is 2.30. The molecule has 0 bridgehead atoms. The van der Waals surface area contributed by atoms with Gasteiger partial charge in [0.05, 0.1) is 5.41 Å². The molecule has 2 N–H and O–H groups in total. The maximum Gasteiger partial charge on any atom is 0.310 e. The van der Waals surface area contributed by atoms with Gasteiger partial charge in [-0.1, -0.05) is 0 Å². The largest absolute Gasteiger partial charge is 0.481 e. The number of aliphatic carboxylic acids is 1. The Balaban J connectivity index is 2.47. The van der Waals surface area contributed by atoms with Crippen LogP contribution in [0.4, 0.5) is 0 Å². The lowest BCUT2D eigenvalue weighted by atomic mass is 9.92. The van der Waals surface area contributed by atoms with Gasteiger partial charge in [0, 0.05) is 32.2 Å². The first-order valence-corrected chi connectivity index (χ1v) is 5.11. The lowest BCUT2D eigenvalue weighted by molar-refractivity contribution is -0.148. The minimum absolute atomic E-state index is 0.466. The molecule has 1 fully saturated rings. The molecular formula is C10H20N2O2. The Morgan fingerprint density at radius 1 is 1.64 bits per heavy atom. The van der Waals surface area contributed by atoms with Gasteiger partial charge in [0.15, 0.2) is 0 Å². The Morgan fingerprint density at radius 2 is 2.29 bits per heavy atom. The van der Waals surface area contributed by atoms with Crippen LogP contribution in [-0.2, 0) is 4.79 Å². The predicted molar refractivity (Wildman–Crippen MR) is 55.3 cm³/mol. The number of carbonyl (C=O) groups is 1. The van der Waals surface area contributed by atoms with Crippen molar-refractivity contribution in [1.29, 1.82) is 0 Å². The van der Waals surface area contributed by atoms with Crippen LogP contribution in [0.5, 0.6) is 0 Å². The summed E-state index contributed by atoms with van der Waals surface area (Å²) in [5.41, 5.74) is -0.642. The smallest absolute Gasteiger partial charge is 0.310 e. The first kappa shape index (κ1) is 11.5. The molecule has 0 aliphatic carbocycles. The Kier molecular flexibility index (Phi) is 3.50. The minimum atomic E-state index is -0.719. The summed E-state index contributed by atoms with van der Waals surface area (Å²) in [6.07, 6.45) is 0. The SMILES string of the molecule is C[C@H]1CN(CC(C)(C)C(=O)O)CCN1. The molecule has 1 aliphatic rings. The van der Waals surface area contributed by atoms with Crippen LogP contribution in [-0.4, -0.2) is 48.2 Å². The van der Waals surface area contributed by atoms with Gasteiger partial charge < -0.3 is 10.4 Å². The second-order valence-electron chi connectivity index (χ2n) is 4.78. The van der Waals surface area contributed by atoms with Gasteiger partial charge in [-0.05, 0) is 20.8 Å². The molecule has 0 radical (unpaired) electrons. The summed E-state index contributed by atoms with van der Waals surface area (Å²) < 4.78 is 0. The van der Waals surface area contributed by atoms with Gasteiger partial charge in [0.25, 0.3) is 0 Å². The molecule has 0 aromatic heterocycles. The first-order chi connectivity index (χ1) is 6.42. The van der Waals surface area contributed by atoms with Gasteiger partial charge >= 0.3 is 5.97 Å². The average molecular weight is 200 g/mol. The van der Waals surface area contributed by atoms with Gasteiger partial charge in [0.2, 0.25) is 0 Å². The van der Waals surface area contributed by atoms with Crippen molar-refractivity contribution in [2.45, 2.75) is 26.8 Å². The molecule has 1 heterocycles. The van der Waals surface area contributed by atoms with E-state index in [1.165, 1.54) is 0 Å². The molecule has 4 nitrogen and oxygen atoms in total. The van der Waals surface area contributed by atoms with Crippen LogP contribution < -0.4 is 5.32 Å². The summed E-state index contributed by atoms with van der Waals surface area (Å²) in [4.78, 5) is 13.2. The normalized spacial score (nSPS) is 24.9. The predicted octanol–water partition coefficient (Wildman–Crippen LogP) is 0.391. The third kappa shape index (κ3) is 2.96. The number of hydrogen-bond donors (Lipinski definition) is 2. The summed E-state index contributed by atoms with van der Waals surface area (Å²) >= 11 is 0. The van der Waals surface area contributed by atoms with Gasteiger partial charge in [-0.3, -0.25) is 9.69 Å². The van der Waals surface area contributed by atoms with Crippen molar-refractivity contribution in [3.63, 3.8) is 0 Å². The van der Waals surface area contributed by atoms with Crippen molar-refractivity contribution in [1.82, 2.24) is 10.2 Å². The first-order valence-electron chi connectivity index (χ1n) is 5.11. The number of rotatable bonds is 3. The Labute approximate surface area is 85.3 Å². The Morgan fingerprint density at radius 3 is 2.79 bits per heavy atom. The highest BCUT2D eigenvalue weighted by molar-refractivity contribution is 5.73. The molecule has 0 unspecified atom stereocenters. The standard InChI is InChI=1S/C10H20N2O2/c1-8-6-12(5-4-11-8)7-10(2,3)9(13)14/h8,11H,4-7H2,1-3H3,(H,13,14)/t8-/m0/s1. The Bertz CT molecular complexity index is 216. The quantitative estimate of drug-likeness (QED) is 0.692. The number of hydrogen-bond acceptors (Lipinski definition) is 3. The number of piperazine rings is 1. The van der Waals surface area contributed by atoms with E-state index in [2.05, 4.69) is 17.1 Å². The molecule has 1 atom stereocenters. The lowest BCUT2D eigenvalue weighted by Crippen LogP contribution is -2.52. The second kappa shape index (κ2) is 4.28. The average Bonchev–Trinajstić information content (AvgIpc) is 2.02. The van der Waals surface area contributed by atoms with Crippen LogP contribution in [0, 0.1) is 5.41 Å². The van der Waals surface area contributed by atoms with E-state index in [9.17, 15) is 4.79 Å². The summed E-state index contributed by atoms with van der Waals surface area (Å²) in [6, 6.07) is 0.466. The molecule has 0 aromatic rings. The number of nitrogens with one attached hydrogen (secondary N) is 1. The number of carboxylic acid groups (broad SMARTS) is 1. The molecule has 0 amide bonds. The third-order valence-corrected chi connectivity index (χ3v) is 2.65. The maximum absolute atomic E-state index is 10.9. The van der Waals surface area contributed by atoms with E-state index in [0.717, 1.165) is 19.6 Å². The van der Waals surface area contributed by atoms with Gasteiger partial charge in [-0.25, -0.2) is 0 Å². The lowest BCUT2D eigenvalue weighted by Gasteiger charge is -2.35. The number of nitrogens with zero attached hydrogens (tertiary/aromatic N) is 1. The van der Waals surface area contributed by atoms with Gasteiger partial charge in [0.1, 0.15) is 0 Å². The van der Waals surface area contributed by atoms with Gasteiger partial charge in [-0.15, -0.1) is 0 Å². The van der Waals surface area contributed by atoms with E-state index < -0.39 is 11.4 Å². The molecule has 0 aromatic carbocycles.